The average Bonchev–Trinajstić information content (AvgIpc) is 2.40. The van der Waals surface area contributed by atoms with Crippen LogP contribution in [0.4, 0.5) is 0 Å². The Labute approximate surface area is 101 Å². The van der Waals surface area contributed by atoms with E-state index in [1.807, 2.05) is 36.4 Å². The van der Waals surface area contributed by atoms with Crippen molar-refractivity contribution in [1.29, 1.82) is 0 Å². The maximum Gasteiger partial charge on any atom is 0 e. The highest BCUT2D eigenvalue weighted by molar-refractivity contribution is 5.45. The second kappa shape index (κ2) is 15.4. The van der Waals surface area contributed by atoms with Gasteiger partial charge in [0.1, 0.15) is 0 Å². The van der Waals surface area contributed by atoms with E-state index in [0.717, 1.165) is 0 Å². The van der Waals surface area contributed by atoms with E-state index in [0.29, 0.717) is 0 Å². The van der Waals surface area contributed by atoms with Crippen LogP contribution in [-0.2, 0) is 0 Å². The third-order valence-electron chi connectivity index (χ3n) is 1.37. The average molecular weight is 214 g/mol. The number of rotatable bonds is 3. The summed E-state index contributed by atoms with van der Waals surface area (Å²) >= 11 is 0. The summed E-state index contributed by atoms with van der Waals surface area (Å²) in [6, 6.07) is 10.0. The van der Waals surface area contributed by atoms with Gasteiger partial charge in [-0.2, -0.15) is 0 Å². The fourth-order valence-electron chi connectivity index (χ4n) is 0.589. The SMILES string of the molecule is C=CC=C.C=CC=C.C=Cc1ccccc1.[HH]. The van der Waals surface area contributed by atoms with E-state index in [1.165, 1.54) is 5.56 Å². The highest BCUT2D eigenvalue weighted by Gasteiger charge is 1.75. The van der Waals surface area contributed by atoms with Gasteiger partial charge in [0, 0.05) is 1.43 Å². The van der Waals surface area contributed by atoms with Crippen molar-refractivity contribution in [3.8, 4) is 0 Å². The van der Waals surface area contributed by atoms with E-state index >= 15 is 0 Å². The Kier molecular flexibility index (Phi) is 15.7. The van der Waals surface area contributed by atoms with Gasteiger partial charge in [-0.05, 0) is 5.56 Å². The molecule has 0 heteroatoms. The fourth-order valence-corrected chi connectivity index (χ4v) is 0.589. The molecule has 0 spiro atoms. The summed E-state index contributed by atoms with van der Waals surface area (Å²) in [5, 5.41) is 0. The van der Waals surface area contributed by atoms with Gasteiger partial charge in [0.05, 0.1) is 0 Å². The molecule has 0 saturated carbocycles. The standard InChI is InChI=1S/C8H8.2C4H6.H2/c1-2-8-6-4-3-5-7-8;2*1-3-4-2;/h2-7H,1H2;2*3-4H,1-2H2;1H. The van der Waals surface area contributed by atoms with Gasteiger partial charge in [0.15, 0.2) is 0 Å². The maximum atomic E-state index is 3.63. The van der Waals surface area contributed by atoms with Crippen molar-refractivity contribution in [3.05, 3.63) is 93.1 Å². The molecule has 0 aliphatic heterocycles. The molecule has 0 aliphatic rings. The number of benzene rings is 1. The predicted molar refractivity (Wildman–Crippen MR) is 79.4 cm³/mol. The zero-order valence-corrected chi connectivity index (χ0v) is 9.81. The predicted octanol–water partition coefficient (Wildman–Crippen LogP) is 5.29. The number of allylic oxidation sites excluding steroid dienone is 4. The Morgan fingerprint density at radius 2 is 1.06 bits per heavy atom. The summed E-state index contributed by atoms with van der Waals surface area (Å²) in [5.41, 5.74) is 1.17. The lowest BCUT2D eigenvalue weighted by molar-refractivity contribution is 1.67. The van der Waals surface area contributed by atoms with E-state index < -0.39 is 0 Å². The molecule has 0 radical (unpaired) electrons. The summed E-state index contributed by atoms with van der Waals surface area (Å²) in [6.07, 6.45) is 8.39. The van der Waals surface area contributed by atoms with Crippen LogP contribution in [0.15, 0.2) is 87.5 Å². The highest BCUT2D eigenvalue weighted by Crippen LogP contribution is 1.97. The van der Waals surface area contributed by atoms with E-state index in [1.54, 1.807) is 24.3 Å². The molecule has 0 aliphatic carbocycles. The van der Waals surface area contributed by atoms with E-state index in [4.69, 9.17) is 0 Å². The molecule has 0 bridgehead atoms. The maximum absolute atomic E-state index is 3.63. The molecule has 1 rings (SSSR count). The van der Waals surface area contributed by atoms with Crippen LogP contribution in [0.2, 0.25) is 0 Å². The van der Waals surface area contributed by atoms with Gasteiger partial charge in [-0.3, -0.25) is 0 Å². The highest BCUT2D eigenvalue weighted by atomic mass is 13.8. The first-order valence-corrected chi connectivity index (χ1v) is 4.91. The normalized spacial score (nSPS) is 6.75. The smallest absolute Gasteiger partial charge is 0 e. The molecule has 0 N–H and O–H groups in total. The topological polar surface area (TPSA) is 0 Å². The minimum absolute atomic E-state index is 0. The molecule has 0 unspecified atom stereocenters. The van der Waals surface area contributed by atoms with Crippen LogP contribution in [0.25, 0.3) is 6.08 Å². The second-order valence-corrected chi connectivity index (χ2v) is 2.56. The Hall–Kier alpha value is -2.08. The molecule has 16 heavy (non-hydrogen) atoms. The third kappa shape index (κ3) is 14.4. The molecule has 0 saturated heterocycles. The van der Waals surface area contributed by atoms with Gasteiger partial charge < -0.3 is 0 Å². The number of hydrogen-bond acceptors (Lipinski definition) is 0. The van der Waals surface area contributed by atoms with Gasteiger partial charge in [0.25, 0.3) is 0 Å². The summed E-state index contributed by atoms with van der Waals surface area (Å²) in [6.45, 7) is 17.1. The van der Waals surface area contributed by atoms with Gasteiger partial charge in [-0.1, -0.05) is 93.6 Å². The van der Waals surface area contributed by atoms with Crippen molar-refractivity contribution >= 4 is 6.08 Å². The van der Waals surface area contributed by atoms with Crippen LogP contribution in [0, 0.1) is 0 Å². The first-order valence-electron chi connectivity index (χ1n) is 4.91. The minimum atomic E-state index is 0. The summed E-state index contributed by atoms with van der Waals surface area (Å²) in [5.74, 6) is 0. The lowest BCUT2D eigenvalue weighted by Crippen LogP contribution is -1.63. The minimum Gasteiger partial charge on any atom is -0.0991 e. The fraction of sp³-hybridized carbons (Fsp3) is 0. The Bertz CT molecular complexity index is 286. The molecular formula is C16H22. The van der Waals surface area contributed by atoms with Crippen molar-refractivity contribution in [2.24, 2.45) is 0 Å². The molecule has 0 amide bonds. The van der Waals surface area contributed by atoms with E-state index in [9.17, 15) is 0 Å². The number of hydrogen-bond donors (Lipinski definition) is 0. The zero-order valence-electron chi connectivity index (χ0n) is 9.81. The van der Waals surface area contributed by atoms with Crippen molar-refractivity contribution in [1.82, 2.24) is 0 Å². The zero-order chi connectivity index (χ0) is 12.6. The van der Waals surface area contributed by atoms with Crippen molar-refractivity contribution in [2.45, 2.75) is 0 Å². The van der Waals surface area contributed by atoms with Crippen LogP contribution in [0.1, 0.15) is 6.99 Å². The van der Waals surface area contributed by atoms with E-state index in [2.05, 4.69) is 32.9 Å². The quantitative estimate of drug-likeness (QED) is 0.599. The molecule has 1 aromatic carbocycles. The summed E-state index contributed by atoms with van der Waals surface area (Å²) < 4.78 is 0. The molecule has 0 aromatic heterocycles. The molecule has 1 aromatic rings. The Balaban J connectivity index is -0.000000189. The lowest BCUT2D eigenvalue weighted by Gasteiger charge is -1.85. The van der Waals surface area contributed by atoms with Crippen LogP contribution in [-0.4, -0.2) is 0 Å². The first kappa shape index (κ1) is 16.4. The van der Waals surface area contributed by atoms with Gasteiger partial charge in [-0.15, -0.1) is 0 Å². The summed E-state index contributed by atoms with van der Waals surface area (Å²) in [4.78, 5) is 0. The summed E-state index contributed by atoms with van der Waals surface area (Å²) in [7, 11) is 0. The molecular weight excluding hydrogens is 192 g/mol. The van der Waals surface area contributed by atoms with Crippen molar-refractivity contribution in [2.75, 3.05) is 0 Å². The Morgan fingerprint density at radius 1 is 0.688 bits per heavy atom. The Morgan fingerprint density at radius 3 is 1.25 bits per heavy atom. The van der Waals surface area contributed by atoms with Crippen LogP contribution >= 0.6 is 0 Å². The molecule has 0 heterocycles. The van der Waals surface area contributed by atoms with Gasteiger partial charge >= 0.3 is 0 Å². The van der Waals surface area contributed by atoms with Crippen LogP contribution in [0.3, 0.4) is 0 Å². The van der Waals surface area contributed by atoms with Crippen LogP contribution < -0.4 is 0 Å². The second-order valence-electron chi connectivity index (χ2n) is 2.56. The van der Waals surface area contributed by atoms with Crippen LogP contribution in [0.5, 0.6) is 0 Å². The van der Waals surface area contributed by atoms with Crippen molar-refractivity contribution < 1.29 is 1.43 Å². The lowest BCUT2D eigenvalue weighted by atomic mass is 10.2. The van der Waals surface area contributed by atoms with Gasteiger partial charge in [0.2, 0.25) is 0 Å². The molecule has 0 fully saturated rings. The van der Waals surface area contributed by atoms with E-state index in [-0.39, 0.29) is 1.43 Å². The van der Waals surface area contributed by atoms with Crippen molar-refractivity contribution in [3.63, 3.8) is 0 Å². The molecule has 86 valence electrons. The van der Waals surface area contributed by atoms with Gasteiger partial charge in [-0.25, -0.2) is 0 Å². The molecule has 0 atom stereocenters. The third-order valence-corrected chi connectivity index (χ3v) is 1.37. The largest absolute Gasteiger partial charge is 0.0991 e. The first-order chi connectivity index (χ1) is 7.76. The monoisotopic (exact) mass is 214 g/mol. The molecule has 0 nitrogen and oxygen atoms in total.